The fourth-order valence-electron chi connectivity index (χ4n) is 3.64. The van der Waals surface area contributed by atoms with Gasteiger partial charge in [0.1, 0.15) is 5.65 Å². The summed E-state index contributed by atoms with van der Waals surface area (Å²) < 4.78 is 7.42. The summed E-state index contributed by atoms with van der Waals surface area (Å²) in [5.41, 5.74) is 3.43. The Bertz CT molecular complexity index is 1040. The number of aryl methyl sites for hydroxylation is 1. The summed E-state index contributed by atoms with van der Waals surface area (Å²) in [7, 11) is 0. The Morgan fingerprint density at radius 3 is 2.71 bits per heavy atom. The number of hydrogen-bond acceptors (Lipinski definition) is 4. The number of rotatable bonds is 3. The van der Waals surface area contributed by atoms with Crippen LogP contribution in [0.5, 0.6) is 0 Å². The fourth-order valence-corrected chi connectivity index (χ4v) is 3.64. The first-order valence-corrected chi connectivity index (χ1v) is 9.21. The molecule has 0 aliphatic carbocycles. The van der Waals surface area contributed by atoms with Gasteiger partial charge in [0.25, 0.3) is 0 Å². The Morgan fingerprint density at radius 1 is 1.25 bits per heavy atom. The molecule has 0 bridgehead atoms. The number of carbonyl (C=O) groups is 1. The van der Waals surface area contributed by atoms with Gasteiger partial charge in [-0.3, -0.25) is 0 Å². The number of ether oxygens (including phenoxy) is 1. The maximum Gasteiger partial charge on any atom is 0.319 e. The van der Waals surface area contributed by atoms with E-state index in [2.05, 4.69) is 21.7 Å². The van der Waals surface area contributed by atoms with Crippen LogP contribution in [0.2, 0.25) is 0 Å². The molecule has 7 nitrogen and oxygen atoms in total. The monoisotopic (exact) mass is 375 g/mol. The number of anilines is 1. The van der Waals surface area contributed by atoms with Gasteiger partial charge in [-0.15, -0.1) is 0 Å². The molecule has 1 aliphatic rings. The first-order valence-electron chi connectivity index (χ1n) is 9.21. The van der Waals surface area contributed by atoms with Crippen molar-refractivity contribution >= 4 is 17.4 Å². The Hall–Kier alpha value is -3.37. The molecule has 4 rings (SSSR count). The second-order valence-electron chi connectivity index (χ2n) is 7.03. The van der Waals surface area contributed by atoms with Gasteiger partial charge >= 0.3 is 6.03 Å². The van der Waals surface area contributed by atoms with Gasteiger partial charge in [-0.25, -0.2) is 9.78 Å². The van der Waals surface area contributed by atoms with E-state index < -0.39 is 5.54 Å². The number of pyridine rings is 1. The van der Waals surface area contributed by atoms with Gasteiger partial charge in [0.05, 0.1) is 22.9 Å². The third-order valence-corrected chi connectivity index (χ3v) is 5.10. The van der Waals surface area contributed by atoms with E-state index in [0.717, 1.165) is 16.9 Å². The number of aromatic nitrogens is 2. The van der Waals surface area contributed by atoms with E-state index in [-0.39, 0.29) is 6.03 Å². The zero-order valence-corrected chi connectivity index (χ0v) is 15.6. The molecular formula is C21H21N5O2. The van der Waals surface area contributed by atoms with Crippen molar-refractivity contribution in [3.05, 3.63) is 65.6 Å². The van der Waals surface area contributed by atoms with E-state index in [9.17, 15) is 4.79 Å². The second-order valence-corrected chi connectivity index (χ2v) is 7.03. The topological polar surface area (TPSA) is 91.5 Å². The van der Waals surface area contributed by atoms with E-state index in [1.165, 1.54) is 0 Å². The van der Waals surface area contributed by atoms with Gasteiger partial charge in [-0.1, -0.05) is 12.1 Å². The molecule has 1 aromatic carbocycles. The first kappa shape index (κ1) is 18.0. The van der Waals surface area contributed by atoms with Gasteiger partial charge in [0, 0.05) is 37.4 Å². The number of nitrogens with zero attached hydrogens (tertiary/aromatic N) is 3. The highest BCUT2D eigenvalue weighted by molar-refractivity contribution is 5.90. The molecule has 3 heterocycles. The molecular weight excluding hydrogens is 354 g/mol. The molecule has 2 aromatic heterocycles. The van der Waals surface area contributed by atoms with Crippen LogP contribution in [0.4, 0.5) is 10.5 Å². The lowest BCUT2D eigenvalue weighted by Crippen LogP contribution is -2.50. The largest absolute Gasteiger partial charge is 0.381 e. The van der Waals surface area contributed by atoms with E-state index in [1.807, 2.05) is 48.0 Å². The molecule has 2 N–H and O–H groups in total. The molecule has 142 valence electrons. The van der Waals surface area contributed by atoms with Crippen molar-refractivity contribution in [3.8, 4) is 6.07 Å². The summed E-state index contributed by atoms with van der Waals surface area (Å²) in [6, 6.07) is 12.9. The molecule has 1 saturated heterocycles. The minimum absolute atomic E-state index is 0.279. The molecule has 0 spiro atoms. The number of fused-ring (bicyclic) bond motifs is 1. The smallest absolute Gasteiger partial charge is 0.319 e. The lowest BCUT2D eigenvalue weighted by molar-refractivity contribution is 0.0418. The van der Waals surface area contributed by atoms with Crippen LogP contribution < -0.4 is 10.6 Å². The molecule has 0 unspecified atom stereocenters. The lowest BCUT2D eigenvalue weighted by atomic mass is 9.82. The van der Waals surface area contributed by atoms with Crippen LogP contribution in [-0.2, 0) is 10.3 Å². The minimum atomic E-state index is -0.523. The lowest BCUT2D eigenvalue weighted by Gasteiger charge is -2.38. The van der Waals surface area contributed by atoms with Gasteiger partial charge in [0.2, 0.25) is 0 Å². The molecule has 7 heteroatoms. The van der Waals surface area contributed by atoms with E-state index in [0.29, 0.717) is 37.3 Å². The van der Waals surface area contributed by atoms with Gasteiger partial charge < -0.3 is 19.8 Å². The summed E-state index contributed by atoms with van der Waals surface area (Å²) in [6.45, 7) is 3.07. The number of hydrogen-bond donors (Lipinski definition) is 2. The van der Waals surface area contributed by atoms with E-state index in [1.54, 1.807) is 12.1 Å². The van der Waals surface area contributed by atoms with Crippen LogP contribution in [-0.4, -0.2) is 28.6 Å². The molecule has 1 aliphatic heterocycles. The number of benzene rings is 1. The number of imidazole rings is 1. The number of urea groups is 1. The van der Waals surface area contributed by atoms with Crippen molar-refractivity contribution in [1.82, 2.24) is 14.7 Å². The maximum absolute atomic E-state index is 12.8. The highest BCUT2D eigenvalue weighted by Gasteiger charge is 2.36. The Kier molecular flexibility index (Phi) is 4.72. The zero-order chi connectivity index (χ0) is 19.6. The standard InChI is InChI=1S/C21H21N5O2/c1-15-14-26-9-6-18(12-19(26)23-15)24-20(27)25-21(7-10-28-11-8-21)17-4-2-16(13-22)3-5-17/h2-6,9,12,14H,7-8,10-11H2,1H3,(H2,24,25,27). The normalized spacial score (nSPS) is 15.7. The molecule has 0 atom stereocenters. The minimum Gasteiger partial charge on any atom is -0.381 e. The summed E-state index contributed by atoms with van der Waals surface area (Å²) in [4.78, 5) is 17.2. The van der Waals surface area contributed by atoms with Crippen molar-refractivity contribution < 1.29 is 9.53 Å². The first-order chi connectivity index (χ1) is 13.6. The van der Waals surface area contributed by atoms with Crippen molar-refractivity contribution in [1.29, 1.82) is 5.26 Å². The van der Waals surface area contributed by atoms with Crippen LogP contribution in [0.1, 0.15) is 29.7 Å². The molecule has 3 aromatic rings. The van der Waals surface area contributed by atoms with E-state index in [4.69, 9.17) is 10.00 Å². The maximum atomic E-state index is 12.8. The summed E-state index contributed by atoms with van der Waals surface area (Å²) in [6.07, 6.45) is 5.15. The van der Waals surface area contributed by atoms with E-state index >= 15 is 0 Å². The van der Waals surface area contributed by atoms with Crippen molar-refractivity contribution in [2.24, 2.45) is 0 Å². The summed E-state index contributed by atoms with van der Waals surface area (Å²) in [5, 5.41) is 15.1. The van der Waals surface area contributed by atoms with Crippen molar-refractivity contribution in [2.45, 2.75) is 25.3 Å². The van der Waals surface area contributed by atoms with Crippen LogP contribution in [0, 0.1) is 18.3 Å². The highest BCUT2D eigenvalue weighted by Crippen LogP contribution is 2.32. The third kappa shape index (κ3) is 3.55. The number of amides is 2. The van der Waals surface area contributed by atoms with Gasteiger partial charge in [0.15, 0.2) is 0 Å². The van der Waals surface area contributed by atoms with Crippen LogP contribution in [0.25, 0.3) is 5.65 Å². The fraction of sp³-hybridized carbons (Fsp3) is 0.286. The van der Waals surface area contributed by atoms with Crippen LogP contribution >= 0.6 is 0 Å². The highest BCUT2D eigenvalue weighted by atomic mass is 16.5. The Labute approximate surface area is 163 Å². The Morgan fingerprint density at radius 2 is 2.00 bits per heavy atom. The molecule has 0 radical (unpaired) electrons. The SMILES string of the molecule is Cc1cn2ccc(NC(=O)NC3(c4ccc(C#N)cc4)CCOCC3)cc2n1. The van der Waals surface area contributed by atoms with Gasteiger partial charge in [-0.05, 0) is 43.5 Å². The van der Waals surface area contributed by atoms with Crippen molar-refractivity contribution in [2.75, 3.05) is 18.5 Å². The molecule has 1 fully saturated rings. The zero-order valence-electron chi connectivity index (χ0n) is 15.6. The summed E-state index contributed by atoms with van der Waals surface area (Å²) in [5.74, 6) is 0. The van der Waals surface area contributed by atoms with Crippen molar-refractivity contribution in [3.63, 3.8) is 0 Å². The predicted octanol–water partition coefficient (Wildman–Crippen LogP) is 3.34. The van der Waals surface area contributed by atoms with Crippen LogP contribution in [0.15, 0.2) is 48.8 Å². The quantitative estimate of drug-likeness (QED) is 0.734. The second kappa shape index (κ2) is 7.33. The number of nitrogens with one attached hydrogen (secondary N) is 2. The number of carbonyl (C=O) groups excluding carboxylic acids is 1. The third-order valence-electron chi connectivity index (χ3n) is 5.10. The average Bonchev–Trinajstić information content (AvgIpc) is 3.08. The Balaban J connectivity index is 1.55. The molecule has 28 heavy (non-hydrogen) atoms. The number of nitriles is 1. The predicted molar refractivity (Wildman–Crippen MR) is 105 cm³/mol. The van der Waals surface area contributed by atoms with Crippen LogP contribution in [0.3, 0.4) is 0 Å². The molecule has 2 amide bonds. The molecule has 0 saturated carbocycles. The average molecular weight is 375 g/mol. The van der Waals surface area contributed by atoms with Gasteiger partial charge in [-0.2, -0.15) is 5.26 Å². The summed E-state index contributed by atoms with van der Waals surface area (Å²) >= 11 is 0.